The van der Waals surface area contributed by atoms with Crippen LogP contribution in [0, 0.1) is 0 Å². The highest BCUT2D eigenvalue weighted by atomic mass is 16.6. The highest BCUT2D eigenvalue weighted by Gasteiger charge is 2.48. The Hall–Kier alpha value is -4.17. The molecule has 1 N–H and O–H groups in total. The predicted octanol–water partition coefficient (Wildman–Crippen LogP) is 4.17. The smallest absolute Gasteiger partial charge is 0.411 e. The Kier molecular flexibility index (Phi) is 7.70. The molecule has 0 spiro atoms. The number of hydrogen-bond donors (Lipinski definition) is 1. The molecule has 2 fully saturated rings. The largest absolute Gasteiger partial charge is 0.438 e. The van der Waals surface area contributed by atoms with E-state index in [2.05, 4.69) is 17.1 Å². The lowest BCUT2D eigenvalue weighted by molar-refractivity contribution is -0.138. The summed E-state index contributed by atoms with van der Waals surface area (Å²) in [4.78, 5) is 45.5. The summed E-state index contributed by atoms with van der Waals surface area (Å²) in [5.41, 5.74) is 2.68. The van der Waals surface area contributed by atoms with Gasteiger partial charge in [0.1, 0.15) is 0 Å². The molecule has 2 unspecified atom stereocenters. The molecule has 3 amide bonds. The quantitative estimate of drug-likeness (QED) is 0.514. The molecule has 5 rings (SSSR count). The second-order valence-electron chi connectivity index (χ2n) is 9.57. The third-order valence-corrected chi connectivity index (χ3v) is 7.17. The van der Waals surface area contributed by atoms with Gasteiger partial charge >= 0.3 is 6.09 Å². The van der Waals surface area contributed by atoms with Gasteiger partial charge in [0.15, 0.2) is 12.1 Å². The Morgan fingerprint density at radius 1 is 0.895 bits per heavy atom. The predicted molar refractivity (Wildman–Crippen MR) is 145 cm³/mol. The molecule has 0 aliphatic carbocycles. The van der Waals surface area contributed by atoms with E-state index in [0.29, 0.717) is 29.9 Å². The normalized spacial score (nSPS) is 19.8. The van der Waals surface area contributed by atoms with E-state index in [4.69, 9.17) is 4.74 Å². The second kappa shape index (κ2) is 11.5. The lowest BCUT2D eigenvalue weighted by Crippen LogP contribution is -2.54. The molecule has 0 saturated carbocycles. The first kappa shape index (κ1) is 25.5. The first-order chi connectivity index (χ1) is 18.5. The van der Waals surface area contributed by atoms with E-state index < -0.39 is 18.2 Å². The Bertz CT molecular complexity index is 1280. The van der Waals surface area contributed by atoms with Crippen molar-refractivity contribution in [1.29, 1.82) is 0 Å². The Morgan fingerprint density at radius 3 is 2.26 bits per heavy atom. The molecular weight excluding hydrogens is 480 g/mol. The molecule has 2 aliphatic heterocycles. The summed E-state index contributed by atoms with van der Waals surface area (Å²) < 4.78 is 5.86. The minimum atomic E-state index is -0.809. The van der Waals surface area contributed by atoms with E-state index >= 15 is 0 Å². The first-order valence-corrected chi connectivity index (χ1v) is 13.0. The number of carbonyl (C=O) groups excluding carboxylic acids is 3. The molecule has 2 aliphatic rings. The van der Waals surface area contributed by atoms with Crippen LogP contribution in [0.5, 0.6) is 0 Å². The van der Waals surface area contributed by atoms with E-state index in [0.717, 1.165) is 25.2 Å². The van der Waals surface area contributed by atoms with Crippen LogP contribution in [0.4, 0.5) is 10.5 Å². The number of ether oxygens (including phenoxy) is 1. The number of nitrogens with one attached hydrogen (secondary N) is 1. The maximum Gasteiger partial charge on any atom is 0.411 e. The van der Waals surface area contributed by atoms with Gasteiger partial charge in [-0.15, -0.1) is 0 Å². The van der Waals surface area contributed by atoms with Crippen molar-refractivity contribution in [3.63, 3.8) is 0 Å². The number of amides is 3. The average molecular weight is 513 g/mol. The molecule has 0 aromatic heterocycles. The number of carbonyl (C=O) groups is 3. The van der Waals surface area contributed by atoms with Gasteiger partial charge in [-0.25, -0.2) is 4.79 Å². The van der Waals surface area contributed by atoms with E-state index in [1.54, 1.807) is 42.5 Å². The van der Waals surface area contributed by atoms with E-state index in [1.807, 2.05) is 47.4 Å². The van der Waals surface area contributed by atoms with Gasteiger partial charge in [-0.3, -0.25) is 14.5 Å². The maximum absolute atomic E-state index is 13.9. The van der Waals surface area contributed by atoms with Crippen LogP contribution in [0.15, 0.2) is 84.9 Å². The third-order valence-electron chi connectivity index (χ3n) is 7.17. The Balaban J connectivity index is 1.42. The Morgan fingerprint density at radius 2 is 1.58 bits per heavy atom. The summed E-state index contributed by atoms with van der Waals surface area (Å²) in [6.07, 6.45) is -1.32. The Labute approximate surface area is 222 Å². The van der Waals surface area contributed by atoms with Crippen molar-refractivity contribution in [3.8, 4) is 0 Å². The highest BCUT2D eigenvalue weighted by molar-refractivity contribution is 6.04. The van der Waals surface area contributed by atoms with Gasteiger partial charge in [0.05, 0.1) is 6.54 Å². The molecule has 38 heavy (non-hydrogen) atoms. The van der Waals surface area contributed by atoms with Crippen LogP contribution in [0.3, 0.4) is 0 Å². The molecule has 196 valence electrons. The fourth-order valence-electron chi connectivity index (χ4n) is 5.03. The zero-order chi connectivity index (χ0) is 26.5. The van der Waals surface area contributed by atoms with Gasteiger partial charge in [-0.05, 0) is 41.9 Å². The van der Waals surface area contributed by atoms with Gasteiger partial charge < -0.3 is 19.9 Å². The lowest BCUT2D eigenvalue weighted by atomic mass is 9.99. The molecule has 8 heteroatoms. The van der Waals surface area contributed by atoms with Gasteiger partial charge in [0.25, 0.3) is 5.91 Å². The zero-order valence-corrected chi connectivity index (χ0v) is 21.5. The van der Waals surface area contributed by atoms with Gasteiger partial charge in [0.2, 0.25) is 5.91 Å². The standard InChI is InChI=1S/C30H32N4O4/c1-2-32-16-18-33(19-17-32)29(36)26-27(38-30(37)34(26)21-22-10-5-3-6-11-22)24-14-9-15-25(20-24)31-28(35)23-12-7-4-8-13-23/h3-15,20,26-27H,2,16-19,21H2,1H3,(H,31,35). The summed E-state index contributed by atoms with van der Waals surface area (Å²) in [6.45, 7) is 6.14. The molecule has 0 bridgehead atoms. The van der Waals surface area contributed by atoms with Crippen molar-refractivity contribution in [1.82, 2.24) is 14.7 Å². The minimum absolute atomic E-state index is 0.119. The number of nitrogens with zero attached hydrogens (tertiary/aromatic N) is 3. The number of rotatable bonds is 7. The lowest BCUT2D eigenvalue weighted by Gasteiger charge is -2.37. The van der Waals surface area contributed by atoms with Crippen molar-refractivity contribution < 1.29 is 19.1 Å². The molecule has 3 aromatic carbocycles. The summed E-state index contributed by atoms with van der Waals surface area (Å²) in [5, 5.41) is 2.91. The van der Waals surface area contributed by atoms with Crippen molar-refractivity contribution in [2.24, 2.45) is 0 Å². The average Bonchev–Trinajstić information content (AvgIpc) is 3.29. The van der Waals surface area contributed by atoms with Crippen molar-refractivity contribution in [3.05, 3.63) is 102 Å². The second-order valence-corrected chi connectivity index (χ2v) is 9.57. The number of benzene rings is 3. The summed E-state index contributed by atoms with van der Waals surface area (Å²) in [6, 6.07) is 24.9. The van der Waals surface area contributed by atoms with Crippen molar-refractivity contribution in [2.75, 3.05) is 38.0 Å². The van der Waals surface area contributed by atoms with Crippen molar-refractivity contribution in [2.45, 2.75) is 25.6 Å². The molecule has 2 saturated heterocycles. The molecule has 2 heterocycles. The van der Waals surface area contributed by atoms with Crippen molar-refractivity contribution >= 4 is 23.6 Å². The van der Waals surface area contributed by atoms with Crippen LogP contribution < -0.4 is 5.32 Å². The summed E-state index contributed by atoms with van der Waals surface area (Å²) in [7, 11) is 0. The summed E-state index contributed by atoms with van der Waals surface area (Å²) in [5.74, 6) is -0.357. The number of likely N-dealkylation sites (N-methyl/N-ethyl adjacent to an activating group) is 1. The van der Waals surface area contributed by atoms with Crippen LogP contribution >= 0.6 is 0 Å². The zero-order valence-electron chi connectivity index (χ0n) is 21.5. The number of cyclic esters (lactones) is 1. The van der Waals surface area contributed by atoms with Gasteiger partial charge in [0, 0.05) is 37.4 Å². The third kappa shape index (κ3) is 5.55. The number of anilines is 1. The van der Waals surface area contributed by atoms with E-state index in [1.165, 1.54) is 4.90 Å². The molecule has 3 aromatic rings. The van der Waals surface area contributed by atoms with E-state index in [-0.39, 0.29) is 18.4 Å². The van der Waals surface area contributed by atoms with Gasteiger partial charge in [-0.2, -0.15) is 0 Å². The van der Waals surface area contributed by atoms with Gasteiger partial charge in [-0.1, -0.05) is 67.6 Å². The topological polar surface area (TPSA) is 82.2 Å². The minimum Gasteiger partial charge on any atom is -0.438 e. The molecular formula is C30H32N4O4. The van der Waals surface area contributed by atoms with Crippen LogP contribution in [-0.2, 0) is 16.1 Å². The van der Waals surface area contributed by atoms with E-state index in [9.17, 15) is 14.4 Å². The SMILES string of the molecule is CCN1CCN(C(=O)C2C(c3cccc(NC(=O)c4ccccc4)c3)OC(=O)N2Cc2ccccc2)CC1. The van der Waals surface area contributed by atoms with Crippen LogP contribution in [-0.4, -0.2) is 71.4 Å². The first-order valence-electron chi connectivity index (χ1n) is 13.0. The fourth-order valence-corrected chi connectivity index (χ4v) is 5.03. The fraction of sp³-hybridized carbons (Fsp3) is 0.300. The summed E-state index contributed by atoms with van der Waals surface area (Å²) >= 11 is 0. The molecule has 2 atom stereocenters. The highest BCUT2D eigenvalue weighted by Crippen LogP contribution is 2.36. The van der Waals surface area contributed by atoms with Crippen LogP contribution in [0.2, 0.25) is 0 Å². The molecule has 8 nitrogen and oxygen atoms in total. The maximum atomic E-state index is 13.9. The molecule has 0 radical (unpaired) electrons. The van der Waals surface area contributed by atoms with Crippen LogP contribution in [0.1, 0.15) is 34.5 Å². The monoisotopic (exact) mass is 512 g/mol. The number of piperazine rings is 1. The van der Waals surface area contributed by atoms with Crippen LogP contribution in [0.25, 0.3) is 0 Å². The number of hydrogen-bond acceptors (Lipinski definition) is 5.